The predicted molar refractivity (Wildman–Crippen MR) is 57.4 cm³/mol. The quantitative estimate of drug-likeness (QED) is 0.707. The van der Waals surface area contributed by atoms with Crippen molar-refractivity contribution in [1.82, 2.24) is 10.2 Å². The van der Waals surface area contributed by atoms with Gasteiger partial charge in [-0.25, -0.2) is 0 Å². The maximum absolute atomic E-state index is 5.39. The van der Waals surface area contributed by atoms with Crippen molar-refractivity contribution in [2.45, 2.75) is 25.3 Å². The molecule has 2 rings (SSSR count). The summed E-state index contributed by atoms with van der Waals surface area (Å²) in [6.45, 7) is 5.49. The molecule has 1 unspecified atom stereocenters. The van der Waals surface area contributed by atoms with E-state index in [-0.39, 0.29) is 0 Å². The van der Waals surface area contributed by atoms with Crippen molar-refractivity contribution >= 4 is 0 Å². The SMILES string of the molecule is CN1CCNCC1CC1CCOCC1. The Kier molecular flexibility index (Phi) is 3.79. The van der Waals surface area contributed by atoms with E-state index in [4.69, 9.17) is 4.74 Å². The van der Waals surface area contributed by atoms with Crippen molar-refractivity contribution in [3.8, 4) is 0 Å². The number of likely N-dealkylation sites (N-methyl/N-ethyl adjacent to an activating group) is 1. The van der Waals surface area contributed by atoms with Gasteiger partial charge in [0.2, 0.25) is 0 Å². The van der Waals surface area contributed by atoms with E-state index in [0.29, 0.717) is 0 Å². The molecular weight excluding hydrogens is 176 g/mol. The largest absolute Gasteiger partial charge is 0.381 e. The fourth-order valence-electron chi connectivity index (χ4n) is 2.49. The van der Waals surface area contributed by atoms with Crippen LogP contribution in [0.2, 0.25) is 0 Å². The van der Waals surface area contributed by atoms with E-state index in [1.165, 1.54) is 32.4 Å². The van der Waals surface area contributed by atoms with Crippen molar-refractivity contribution < 1.29 is 4.74 Å². The van der Waals surface area contributed by atoms with Crippen molar-refractivity contribution in [3.63, 3.8) is 0 Å². The van der Waals surface area contributed by atoms with Gasteiger partial charge in [0.1, 0.15) is 0 Å². The molecule has 0 amide bonds. The van der Waals surface area contributed by atoms with Crippen LogP contribution in [0.5, 0.6) is 0 Å². The summed E-state index contributed by atoms with van der Waals surface area (Å²) in [5.74, 6) is 0.899. The first kappa shape index (κ1) is 10.4. The lowest BCUT2D eigenvalue weighted by Crippen LogP contribution is -2.50. The molecule has 0 aromatic carbocycles. The highest BCUT2D eigenvalue weighted by Gasteiger charge is 2.23. The third-order valence-corrected chi connectivity index (χ3v) is 3.59. The minimum Gasteiger partial charge on any atom is -0.381 e. The number of nitrogens with zero attached hydrogens (tertiary/aromatic N) is 1. The van der Waals surface area contributed by atoms with Crippen LogP contribution in [0.1, 0.15) is 19.3 Å². The molecule has 0 aliphatic carbocycles. The lowest BCUT2D eigenvalue weighted by molar-refractivity contribution is 0.0509. The molecule has 1 atom stereocenters. The number of hydrogen-bond acceptors (Lipinski definition) is 3. The van der Waals surface area contributed by atoms with E-state index in [0.717, 1.165) is 31.7 Å². The Balaban J connectivity index is 1.76. The Labute approximate surface area is 86.8 Å². The molecule has 0 bridgehead atoms. The zero-order valence-corrected chi connectivity index (χ0v) is 9.17. The first-order valence-electron chi connectivity index (χ1n) is 5.85. The molecule has 0 spiro atoms. The van der Waals surface area contributed by atoms with Gasteiger partial charge in [0.25, 0.3) is 0 Å². The lowest BCUT2D eigenvalue weighted by Gasteiger charge is -2.36. The third kappa shape index (κ3) is 2.69. The zero-order valence-electron chi connectivity index (χ0n) is 9.17. The highest BCUT2D eigenvalue weighted by Crippen LogP contribution is 2.22. The van der Waals surface area contributed by atoms with Gasteiger partial charge in [-0.15, -0.1) is 0 Å². The summed E-state index contributed by atoms with van der Waals surface area (Å²) < 4.78 is 5.39. The number of nitrogens with one attached hydrogen (secondary N) is 1. The molecule has 2 saturated heterocycles. The number of ether oxygens (including phenoxy) is 1. The van der Waals surface area contributed by atoms with Gasteiger partial charge in [0, 0.05) is 38.9 Å². The number of hydrogen-bond donors (Lipinski definition) is 1. The summed E-state index contributed by atoms with van der Waals surface area (Å²) in [7, 11) is 2.25. The molecule has 0 aromatic heterocycles. The molecule has 2 heterocycles. The van der Waals surface area contributed by atoms with E-state index in [1.807, 2.05) is 0 Å². The molecule has 3 nitrogen and oxygen atoms in total. The van der Waals surface area contributed by atoms with E-state index < -0.39 is 0 Å². The van der Waals surface area contributed by atoms with Crippen LogP contribution in [0, 0.1) is 5.92 Å². The highest BCUT2D eigenvalue weighted by atomic mass is 16.5. The molecule has 0 radical (unpaired) electrons. The first-order chi connectivity index (χ1) is 6.86. The van der Waals surface area contributed by atoms with Gasteiger partial charge < -0.3 is 15.0 Å². The summed E-state index contributed by atoms with van der Waals surface area (Å²) in [4.78, 5) is 2.51. The molecule has 3 heteroatoms. The standard InChI is InChI=1S/C11H22N2O/c1-13-5-4-12-9-11(13)8-10-2-6-14-7-3-10/h10-12H,2-9H2,1H3. The summed E-state index contributed by atoms with van der Waals surface area (Å²) in [5, 5.41) is 3.48. The fourth-order valence-corrected chi connectivity index (χ4v) is 2.49. The number of rotatable bonds is 2. The van der Waals surface area contributed by atoms with Gasteiger partial charge in [-0.1, -0.05) is 0 Å². The first-order valence-corrected chi connectivity index (χ1v) is 5.85. The maximum Gasteiger partial charge on any atom is 0.0468 e. The second-order valence-electron chi connectivity index (χ2n) is 4.63. The van der Waals surface area contributed by atoms with Gasteiger partial charge in [-0.05, 0) is 32.2 Å². The summed E-state index contributed by atoms with van der Waals surface area (Å²) in [6, 6.07) is 0.756. The van der Waals surface area contributed by atoms with Crippen molar-refractivity contribution in [1.29, 1.82) is 0 Å². The average Bonchev–Trinajstić information content (AvgIpc) is 2.23. The second kappa shape index (κ2) is 5.10. The molecule has 14 heavy (non-hydrogen) atoms. The minimum atomic E-state index is 0.756. The Morgan fingerprint density at radius 3 is 2.86 bits per heavy atom. The van der Waals surface area contributed by atoms with Crippen LogP contribution < -0.4 is 5.32 Å². The van der Waals surface area contributed by atoms with Gasteiger partial charge in [0.05, 0.1) is 0 Å². The Bertz CT molecular complexity index is 169. The number of piperazine rings is 1. The molecular formula is C11H22N2O. The smallest absolute Gasteiger partial charge is 0.0468 e. The second-order valence-corrected chi connectivity index (χ2v) is 4.63. The lowest BCUT2D eigenvalue weighted by atomic mass is 9.91. The van der Waals surface area contributed by atoms with Crippen LogP contribution in [-0.2, 0) is 4.74 Å². The Morgan fingerprint density at radius 1 is 1.36 bits per heavy atom. The van der Waals surface area contributed by atoms with Crippen molar-refractivity contribution in [2.24, 2.45) is 5.92 Å². The Morgan fingerprint density at radius 2 is 2.14 bits per heavy atom. The summed E-state index contributed by atoms with van der Waals surface area (Å²) in [6.07, 6.45) is 3.89. The maximum atomic E-state index is 5.39. The van der Waals surface area contributed by atoms with Crippen LogP contribution >= 0.6 is 0 Å². The van der Waals surface area contributed by atoms with Crippen molar-refractivity contribution in [2.75, 3.05) is 39.9 Å². The molecule has 0 aromatic rings. The molecule has 2 aliphatic heterocycles. The van der Waals surface area contributed by atoms with E-state index in [2.05, 4.69) is 17.3 Å². The predicted octanol–water partition coefficient (Wildman–Crippen LogP) is 0.707. The van der Waals surface area contributed by atoms with E-state index >= 15 is 0 Å². The Hall–Kier alpha value is -0.120. The molecule has 0 saturated carbocycles. The molecule has 82 valence electrons. The highest BCUT2D eigenvalue weighted by molar-refractivity contribution is 4.80. The molecule has 1 N–H and O–H groups in total. The van der Waals surface area contributed by atoms with Gasteiger partial charge >= 0.3 is 0 Å². The normalized spacial score (nSPS) is 31.9. The van der Waals surface area contributed by atoms with Crippen LogP contribution in [-0.4, -0.2) is 50.8 Å². The zero-order chi connectivity index (χ0) is 9.80. The summed E-state index contributed by atoms with van der Waals surface area (Å²) >= 11 is 0. The van der Waals surface area contributed by atoms with E-state index in [9.17, 15) is 0 Å². The topological polar surface area (TPSA) is 24.5 Å². The molecule has 2 fully saturated rings. The molecule has 2 aliphatic rings. The van der Waals surface area contributed by atoms with Gasteiger partial charge in [0.15, 0.2) is 0 Å². The average molecular weight is 198 g/mol. The fraction of sp³-hybridized carbons (Fsp3) is 1.00. The van der Waals surface area contributed by atoms with Crippen LogP contribution in [0.25, 0.3) is 0 Å². The minimum absolute atomic E-state index is 0.756. The third-order valence-electron chi connectivity index (χ3n) is 3.59. The van der Waals surface area contributed by atoms with Crippen LogP contribution in [0.4, 0.5) is 0 Å². The van der Waals surface area contributed by atoms with Gasteiger partial charge in [-0.3, -0.25) is 0 Å². The van der Waals surface area contributed by atoms with Crippen LogP contribution in [0.15, 0.2) is 0 Å². The van der Waals surface area contributed by atoms with Crippen LogP contribution in [0.3, 0.4) is 0 Å². The van der Waals surface area contributed by atoms with Gasteiger partial charge in [-0.2, -0.15) is 0 Å². The van der Waals surface area contributed by atoms with Crippen molar-refractivity contribution in [3.05, 3.63) is 0 Å². The van der Waals surface area contributed by atoms with E-state index in [1.54, 1.807) is 0 Å². The monoisotopic (exact) mass is 198 g/mol. The summed E-state index contributed by atoms with van der Waals surface area (Å²) in [5.41, 5.74) is 0.